The van der Waals surface area contributed by atoms with Crippen LogP contribution in [0.5, 0.6) is 0 Å². The van der Waals surface area contributed by atoms with Gasteiger partial charge in [0.15, 0.2) is 11.3 Å². The first-order chi connectivity index (χ1) is 13.3. The first kappa shape index (κ1) is 16.1. The highest BCUT2D eigenvalue weighted by molar-refractivity contribution is 5.74. The minimum atomic E-state index is 0.549. The minimum Gasteiger partial charge on any atom is -0.378 e. The van der Waals surface area contributed by atoms with Crippen LogP contribution in [0, 0.1) is 11.8 Å². The average molecular weight is 365 g/mol. The second kappa shape index (κ2) is 6.04. The molecular formula is C21H27N5O. The van der Waals surface area contributed by atoms with Crippen LogP contribution < -0.4 is 0 Å². The number of ether oxygens (including phenoxy) is 1. The third kappa shape index (κ3) is 2.61. The summed E-state index contributed by atoms with van der Waals surface area (Å²) in [6.07, 6.45) is 11.3. The largest absolute Gasteiger partial charge is 0.378 e. The van der Waals surface area contributed by atoms with E-state index in [0.29, 0.717) is 23.9 Å². The van der Waals surface area contributed by atoms with Crippen LogP contribution in [0.3, 0.4) is 0 Å². The summed E-state index contributed by atoms with van der Waals surface area (Å²) in [6, 6.07) is 3.43. The van der Waals surface area contributed by atoms with E-state index in [-0.39, 0.29) is 0 Å². The molecule has 0 aromatic carbocycles. The maximum atomic E-state index is 5.53. The summed E-state index contributed by atoms with van der Waals surface area (Å²) in [5, 5.41) is 0. The molecule has 0 bridgehead atoms. The van der Waals surface area contributed by atoms with Gasteiger partial charge in [0.1, 0.15) is 0 Å². The summed E-state index contributed by atoms with van der Waals surface area (Å²) >= 11 is 0. The number of H-pyrrole nitrogens is 1. The molecule has 0 spiro atoms. The zero-order chi connectivity index (χ0) is 18.0. The quantitative estimate of drug-likeness (QED) is 0.754. The number of hydrogen-bond donors (Lipinski definition) is 1. The molecule has 142 valence electrons. The van der Waals surface area contributed by atoms with Gasteiger partial charge in [-0.3, -0.25) is 9.30 Å². The van der Waals surface area contributed by atoms with Gasteiger partial charge in [-0.15, -0.1) is 0 Å². The zero-order valence-electron chi connectivity index (χ0n) is 15.8. The lowest BCUT2D eigenvalue weighted by molar-refractivity contribution is -0.0806. The maximum absolute atomic E-state index is 5.53. The molecule has 1 saturated heterocycles. The molecular weight excluding hydrogens is 338 g/mol. The Bertz CT molecular complexity index is 969. The number of aromatic amines is 1. The molecule has 6 heteroatoms. The van der Waals surface area contributed by atoms with Crippen molar-refractivity contribution in [1.29, 1.82) is 0 Å². The monoisotopic (exact) mass is 365 g/mol. The van der Waals surface area contributed by atoms with Crippen LogP contribution in [-0.2, 0) is 4.74 Å². The van der Waals surface area contributed by atoms with E-state index in [4.69, 9.17) is 4.74 Å². The lowest BCUT2D eigenvalue weighted by atomic mass is 9.95. The van der Waals surface area contributed by atoms with E-state index in [1.807, 2.05) is 12.4 Å². The summed E-state index contributed by atoms with van der Waals surface area (Å²) in [5.41, 5.74) is 4.38. The van der Waals surface area contributed by atoms with Crippen molar-refractivity contribution in [1.82, 2.24) is 24.3 Å². The van der Waals surface area contributed by atoms with Crippen molar-refractivity contribution in [3.8, 4) is 0 Å². The SMILES string of the molecule is C[C@@H]1C[C@H](N(CC2CC2)C2COC2)C[C@@H]1c1cnc2cnc3[nH]ccc3n12. The molecule has 3 aromatic heterocycles. The summed E-state index contributed by atoms with van der Waals surface area (Å²) in [7, 11) is 0. The fourth-order valence-corrected chi connectivity index (χ4v) is 5.26. The molecule has 6 nitrogen and oxygen atoms in total. The predicted molar refractivity (Wildman–Crippen MR) is 104 cm³/mol. The molecule has 2 aliphatic carbocycles. The summed E-state index contributed by atoms with van der Waals surface area (Å²) < 4.78 is 7.85. The summed E-state index contributed by atoms with van der Waals surface area (Å²) in [5.74, 6) is 2.15. The molecule has 4 heterocycles. The molecule has 0 unspecified atom stereocenters. The van der Waals surface area contributed by atoms with E-state index in [1.165, 1.54) is 37.9 Å². The van der Waals surface area contributed by atoms with Gasteiger partial charge in [0.25, 0.3) is 0 Å². The fraction of sp³-hybridized carbons (Fsp3) is 0.619. The van der Waals surface area contributed by atoms with Crippen LogP contribution in [-0.4, -0.2) is 56.1 Å². The Kier molecular flexibility index (Phi) is 3.60. The van der Waals surface area contributed by atoms with Crippen molar-refractivity contribution in [2.75, 3.05) is 19.8 Å². The van der Waals surface area contributed by atoms with Crippen LogP contribution >= 0.6 is 0 Å². The first-order valence-electron chi connectivity index (χ1n) is 10.4. The summed E-state index contributed by atoms with van der Waals surface area (Å²) in [4.78, 5) is 15.2. The highest BCUT2D eigenvalue weighted by Crippen LogP contribution is 2.44. The molecule has 0 amide bonds. The Balaban J connectivity index is 1.33. The van der Waals surface area contributed by atoms with Gasteiger partial charge in [-0.25, -0.2) is 9.97 Å². The maximum Gasteiger partial charge on any atom is 0.156 e. The molecule has 2 saturated carbocycles. The van der Waals surface area contributed by atoms with Gasteiger partial charge in [-0.2, -0.15) is 0 Å². The Morgan fingerprint density at radius 1 is 1.19 bits per heavy atom. The van der Waals surface area contributed by atoms with Crippen LogP contribution in [0.4, 0.5) is 0 Å². The second-order valence-electron chi connectivity index (χ2n) is 8.89. The zero-order valence-corrected chi connectivity index (χ0v) is 15.8. The normalized spacial score (nSPS) is 29.2. The van der Waals surface area contributed by atoms with E-state index in [0.717, 1.165) is 35.9 Å². The van der Waals surface area contributed by atoms with Crippen molar-refractivity contribution in [3.63, 3.8) is 0 Å². The van der Waals surface area contributed by atoms with Crippen molar-refractivity contribution >= 4 is 16.8 Å². The Labute approximate surface area is 158 Å². The molecule has 27 heavy (non-hydrogen) atoms. The predicted octanol–water partition coefficient (Wildman–Crippen LogP) is 3.20. The number of fused-ring (bicyclic) bond motifs is 3. The molecule has 1 N–H and O–H groups in total. The lowest BCUT2D eigenvalue weighted by Gasteiger charge is -2.41. The third-order valence-electron chi connectivity index (χ3n) is 7.03. The van der Waals surface area contributed by atoms with Crippen LogP contribution in [0.2, 0.25) is 0 Å². The number of rotatable bonds is 5. The molecule has 3 fully saturated rings. The molecule has 0 radical (unpaired) electrons. The van der Waals surface area contributed by atoms with Crippen LogP contribution in [0.15, 0.2) is 24.7 Å². The van der Waals surface area contributed by atoms with E-state index >= 15 is 0 Å². The van der Waals surface area contributed by atoms with E-state index in [1.54, 1.807) is 0 Å². The van der Waals surface area contributed by atoms with Gasteiger partial charge < -0.3 is 9.72 Å². The number of hydrogen-bond acceptors (Lipinski definition) is 4. The summed E-state index contributed by atoms with van der Waals surface area (Å²) in [6.45, 7) is 5.55. The molecule has 3 aliphatic rings. The van der Waals surface area contributed by atoms with Crippen molar-refractivity contribution in [3.05, 3.63) is 30.4 Å². The van der Waals surface area contributed by atoms with E-state index < -0.39 is 0 Å². The minimum absolute atomic E-state index is 0.549. The van der Waals surface area contributed by atoms with Gasteiger partial charge in [0.05, 0.1) is 31.0 Å². The standard InChI is InChI=1S/C21H27N5O/c1-13-6-15(25(10-14-2-3-14)16-11-27-12-16)7-17(13)19-8-23-20-9-24-21-18(26(19)20)4-5-22-21/h4-5,8-9,13-17,22H,2-3,6-7,10-12H2,1H3/t13-,15+,17+/m1/s1. The second-order valence-corrected chi connectivity index (χ2v) is 8.89. The Morgan fingerprint density at radius 2 is 2.07 bits per heavy atom. The highest BCUT2D eigenvalue weighted by atomic mass is 16.5. The van der Waals surface area contributed by atoms with E-state index in [9.17, 15) is 0 Å². The molecule has 1 aliphatic heterocycles. The van der Waals surface area contributed by atoms with Gasteiger partial charge in [-0.05, 0) is 43.6 Å². The Morgan fingerprint density at radius 3 is 2.85 bits per heavy atom. The van der Waals surface area contributed by atoms with Crippen LogP contribution in [0.25, 0.3) is 16.8 Å². The van der Waals surface area contributed by atoms with Gasteiger partial charge in [-0.1, -0.05) is 6.92 Å². The fourth-order valence-electron chi connectivity index (χ4n) is 5.26. The van der Waals surface area contributed by atoms with Crippen LogP contribution in [0.1, 0.15) is 44.2 Å². The average Bonchev–Trinajstić information content (AvgIpc) is 3.03. The number of nitrogens with one attached hydrogen (secondary N) is 1. The third-order valence-corrected chi connectivity index (χ3v) is 7.03. The molecule has 3 aromatic rings. The van der Waals surface area contributed by atoms with Gasteiger partial charge in [0, 0.05) is 36.6 Å². The van der Waals surface area contributed by atoms with Crippen molar-refractivity contribution < 1.29 is 4.74 Å². The van der Waals surface area contributed by atoms with Crippen molar-refractivity contribution in [2.45, 2.75) is 50.6 Å². The first-order valence-corrected chi connectivity index (χ1v) is 10.4. The van der Waals surface area contributed by atoms with Crippen molar-refractivity contribution in [2.24, 2.45) is 11.8 Å². The van der Waals surface area contributed by atoms with E-state index in [2.05, 4.69) is 43.4 Å². The topological polar surface area (TPSA) is 58.5 Å². The molecule has 6 rings (SSSR count). The number of nitrogens with zero attached hydrogens (tertiary/aromatic N) is 4. The highest BCUT2D eigenvalue weighted by Gasteiger charge is 2.42. The van der Waals surface area contributed by atoms with Gasteiger partial charge >= 0.3 is 0 Å². The lowest BCUT2D eigenvalue weighted by Crippen LogP contribution is -2.53. The number of aromatic nitrogens is 4. The Hall–Kier alpha value is -1.92. The van der Waals surface area contributed by atoms with Gasteiger partial charge in [0.2, 0.25) is 0 Å². The smallest absolute Gasteiger partial charge is 0.156 e. The number of imidazole rings is 1. The molecule has 3 atom stereocenters.